The third-order valence-corrected chi connectivity index (χ3v) is 6.02. The van der Waals surface area contributed by atoms with E-state index in [2.05, 4.69) is 15.6 Å². The van der Waals surface area contributed by atoms with Crippen LogP contribution in [-0.4, -0.2) is 52.7 Å². The van der Waals surface area contributed by atoms with E-state index in [0.717, 1.165) is 10.9 Å². The van der Waals surface area contributed by atoms with Crippen LogP contribution in [0, 0.1) is 5.92 Å². The zero-order valence-corrected chi connectivity index (χ0v) is 20.2. The molecule has 3 aromatic rings. The lowest BCUT2D eigenvalue weighted by molar-refractivity contribution is -0.141. The quantitative estimate of drug-likeness (QED) is 0.319. The number of carboxylic acids is 1. The molecule has 0 aliphatic carbocycles. The minimum Gasteiger partial charge on any atom is -0.481 e. The van der Waals surface area contributed by atoms with Crippen molar-refractivity contribution in [1.82, 2.24) is 10.3 Å². The molecule has 0 unspecified atom stereocenters. The number of carbonyl (C=O) groups is 4. The van der Waals surface area contributed by atoms with Crippen molar-refractivity contribution in [3.63, 3.8) is 0 Å². The number of ketones is 1. The molecule has 0 saturated heterocycles. The maximum atomic E-state index is 12.8. The van der Waals surface area contributed by atoms with Crippen LogP contribution in [0.1, 0.15) is 20.3 Å². The molecular formula is C23H22Cl2FN3O6. The lowest BCUT2D eigenvalue weighted by Crippen LogP contribution is -2.49. The molecule has 2 atom stereocenters. The second-order valence-electron chi connectivity index (χ2n) is 8.09. The molecule has 4 N–H and O–H groups in total. The van der Waals surface area contributed by atoms with E-state index < -0.39 is 54.9 Å². The van der Waals surface area contributed by atoms with Crippen molar-refractivity contribution < 1.29 is 33.4 Å². The van der Waals surface area contributed by atoms with Gasteiger partial charge in [-0.25, -0.2) is 9.18 Å². The van der Waals surface area contributed by atoms with Crippen LogP contribution in [0.5, 0.6) is 0 Å². The zero-order valence-electron chi connectivity index (χ0n) is 18.7. The van der Waals surface area contributed by atoms with Crippen molar-refractivity contribution in [2.24, 2.45) is 5.92 Å². The third kappa shape index (κ3) is 5.83. The number of amides is 2. The summed E-state index contributed by atoms with van der Waals surface area (Å²) in [6.07, 6.45) is -3.29. The van der Waals surface area contributed by atoms with E-state index in [1.807, 2.05) is 24.3 Å². The standard InChI is InChI=1S/C23H22Cl2FN3O6/c1-10(2)21(22(33)28-15(8-17(31)32)16(30)9-26)35-23(34)29-20-18(25)13(24)7-12-11-5-3-4-6-14(11)27-19(12)20/h3-7,10,15,21,27H,8-9H2,1-2H3,(H,28,33)(H,29,34)(H,31,32)/t15-,21-/m0/s1. The van der Waals surface area contributed by atoms with Gasteiger partial charge in [-0.15, -0.1) is 0 Å². The van der Waals surface area contributed by atoms with Crippen molar-refractivity contribution in [1.29, 1.82) is 0 Å². The number of halogens is 3. The Balaban J connectivity index is 1.85. The predicted octanol–water partition coefficient (Wildman–Crippen LogP) is 4.70. The van der Waals surface area contributed by atoms with Gasteiger partial charge < -0.3 is 20.1 Å². The van der Waals surface area contributed by atoms with Gasteiger partial charge in [0.05, 0.1) is 27.7 Å². The molecule has 0 bridgehead atoms. The van der Waals surface area contributed by atoms with E-state index in [1.165, 1.54) is 0 Å². The Bertz CT molecular complexity index is 1310. The van der Waals surface area contributed by atoms with Crippen molar-refractivity contribution >= 4 is 74.4 Å². The number of Topliss-reactive ketones (excluding diaryl/α,β-unsaturated/α-hetero) is 1. The van der Waals surface area contributed by atoms with Crippen LogP contribution < -0.4 is 10.6 Å². The Morgan fingerprint density at radius 2 is 1.83 bits per heavy atom. The highest BCUT2D eigenvalue weighted by atomic mass is 35.5. The number of hydrogen-bond donors (Lipinski definition) is 4. The Kier molecular flexibility index (Phi) is 8.18. The largest absolute Gasteiger partial charge is 0.481 e. The number of fused-ring (bicyclic) bond motifs is 3. The molecule has 0 fully saturated rings. The van der Waals surface area contributed by atoms with Gasteiger partial charge in [-0.05, 0) is 18.1 Å². The molecule has 35 heavy (non-hydrogen) atoms. The van der Waals surface area contributed by atoms with Gasteiger partial charge in [-0.1, -0.05) is 55.2 Å². The number of para-hydroxylation sites is 1. The fourth-order valence-corrected chi connectivity index (χ4v) is 3.95. The number of H-pyrrole nitrogens is 1. The van der Waals surface area contributed by atoms with Crippen LogP contribution in [0.2, 0.25) is 10.0 Å². The number of aromatic nitrogens is 1. The first kappa shape index (κ1) is 26.2. The van der Waals surface area contributed by atoms with Crippen molar-refractivity contribution in [3.8, 4) is 0 Å². The highest BCUT2D eigenvalue weighted by Crippen LogP contribution is 2.40. The summed E-state index contributed by atoms with van der Waals surface area (Å²) in [4.78, 5) is 51.3. The van der Waals surface area contributed by atoms with Crippen LogP contribution in [0.25, 0.3) is 21.8 Å². The Morgan fingerprint density at radius 3 is 2.46 bits per heavy atom. The summed E-state index contributed by atoms with van der Waals surface area (Å²) in [5.74, 6) is -4.04. The lowest BCUT2D eigenvalue weighted by Gasteiger charge is -2.23. The van der Waals surface area contributed by atoms with Gasteiger partial charge in [0.25, 0.3) is 5.91 Å². The molecule has 3 rings (SSSR count). The Labute approximate surface area is 208 Å². The predicted molar refractivity (Wildman–Crippen MR) is 130 cm³/mol. The number of nitrogens with one attached hydrogen (secondary N) is 3. The number of carbonyl (C=O) groups excluding carboxylic acids is 3. The van der Waals surface area contributed by atoms with Gasteiger partial charge in [-0.2, -0.15) is 0 Å². The van der Waals surface area contributed by atoms with Gasteiger partial charge in [0.1, 0.15) is 12.7 Å². The van der Waals surface area contributed by atoms with Crippen LogP contribution in [0.4, 0.5) is 14.9 Å². The zero-order chi connectivity index (χ0) is 25.9. The van der Waals surface area contributed by atoms with Crippen LogP contribution >= 0.6 is 23.2 Å². The third-order valence-electron chi connectivity index (χ3n) is 5.24. The van der Waals surface area contributed by atoms with Gasteiger partial charge >= 0.3 is 12.1 Å². The topological polar surface area (TPSA) is 138 Å². The Morgan fingerprint density at radius 1 is 1.14 bits per heavy atom. The molecule has 186 valence electrons. The molecule has 0 spiro atoms. The molecular weight excluding hydrogens is 504 g/mol. The fraction of sp³-hybridized carbons (Fsp3) is 0.304. The van der Waals surface area contributed by atoms with E-state index in [9.17, 15) is 23.6 Å². The van der Waals surface area contributed by atoms with E-state index in [4.69, 9.17) is 33.0 Å². The van der Waals surface area contributed by atoms with Crippen LogP contribution in [-0.2, 0) is 19.1 Å². The normalized spacial score (nSPS) is 13.0. The summed E-state index contributed by atoms with van der Waals surface area (Å²) < 4.78 is 18.1. The first-order valence-electron chi connectivity index (χ1n) is 10.5. The smallest absolute Gasteiger partial charge is 0.412 e. The monoisotopic (exact) mass is 525 g/mol. The SMILES string of the molecule is CC(C)[C@H](OC(=O)Nc1c(Cl)c(Cl)cc2c1[nH]c1ccccc12)C(=O)N[C@@H](CC(=O)O)C(=O)CF. The number of carboxylic acid groups (broad SMARTS) is 1. The maximum absolute atomic E-state index is 12.8. The number of rotatable bonds is 9. The average Bonchev–Trinajstić information content (AvgIpc) is 3.17. The second kappa shape index (κ2) is 10.9. The maximum Gasteiger partial charge on any atom is 0.412 e. The fourth-order valence-electron chi connectivity index (χ4n) is 3.55. The number of aromatic amines is 1. The lowest BCUT2D eigenvalue weighted by atomic mass is 10.0. The summed E-state index contributed by atoms with van der Waals surface area (Å²) in [5.41, 5.74) is 1.39. The van der Waals surface area contributed by atoms with E-state index in [0.29, 0.717) is 10.9 Å². The van der Waals surface area contributed by atoms with Gasteiger partial charge in [0.2, 0.25) is 0 Å². The summed E-state index contributed by atoms with van der Waals surface area (Å²) >= 11 is 12.6. The minimum absolute atomic E-state index is 0.0447. The molecule has 12 heteroatoms. The van der Waals surface area contributed by atoms with E-state index in [1.54, 1.807) is 19.9 Å². The first-order chi connectivity index (χ1) is 16.5. The molecule has 1 aromatic heterocycles. The number of aliphatic carboxylic acids is 1. The minimum atomic E-state index is -1.61. The molecule has 9 nitrogen and oxygen atoms in total. The average molecular weight is 526 g/mol. The Hall–Kier alpha value is -3.37. The van der Waals surface area contributed by atoms with Gasteiger partial charge in [0.15, 0.2) is 11.9 Å². The van der Waals surface area contributed by atoms with Gasteiger partial charge in [-0.3, -0.25) is 19.7 Å². The van der Waals surface area contributed by atoms with Crippen molar-refractivity contribution in [2.45, 2.75) is 32.4 Å². The summed E-state index contributed by atoms with van der Waals surface area (Å²) in [6.45, 7) is 1.69. The van der Waals surface area contributed by atoms with Crippen LogP contribution in [0.3, 0.4) is 0 Å². The number of hydrogen-bond acceptors (Lipinski definition) is 5. The molecule has 2 amide bonds. The number of alkyl halides is 1. The number of anilines is 1. The van der Waals surface area contributed by atoms with Crippen molar-refractivity contribution in [3.05, 3.63) is 40.4 Å². The second-order valence-corrected chi connectivity index (χ2v) is 8.88. The molecule has 0 saturated carbocycles. The van der Waals surface area contributed by atoms with E-state index in [-0.39, 0.29) is 15.7 Å². The van der Waals surface area contributed by atoms with Crippen molar-refractivity contribution in [2.75, 3.05) is 12.0 Å². The number of benzene rings is 2. The number of ether oxygens (including phenoxy) is 1. The van der Waals surface area contributed by atoms with Crippen LogP contribution in [0.15, 0.2) is 30.3 Å². The van der Waals surface area contributed by atoms with Gasteiger partial charge in [0, 0.05) is 16.3 Å². The summed E-state index contributed by atoms with van der Waals surface area (Å²) in [5, 5.41) is 15.4. The molecule has 0 radical (unpaired) electrons. The molecule has 0 aliphatic rings. The highest BCUT2D eigenvalue weighted by molar-refractivity contribution is 6.46. The highest BCUT2D eigenvalue weighted by Gasteiger charge is 2.32. The molecule has 0 aliphatic heterocycles. The van der Waals surface area contributed by atoms with E-state index >= 15 is 0 Å². The first-order valence-corrected chi connectivity index (χ1v) is 11.3. The molecule has 2 aromatic carbocycles. The summed E-state index contributed by atoms with van der Waals surface area (Å²) in [7, 11) is 0. The summed E-state index contributed by atoms with van der Waals surface area (Å²) in [6, 6.07) is 7.43. The molecule has 1 heterocycles.